The molecule has 218 valence electrons. The van der Waals surface area contributed by atoms with Gasteiger partial charge in [0.25, 0.3) is 5.69 Å². The lowest BCUT2D eigenvalue weighted by molar-refractivity contribution is -0.384. The molecule has 0 spiro atoms. The first-order valence-corrected chi connectivity index (χ1v) is 14.3. The monoisotopic (exact) mass is 554 g/mol. The van der Waals surface area contributed by atoms with Crippen molar-refractivity contribution in [3.8, 4) is 0 Å². The maximum Gasteiger partial charge on any atom is 0.338 e. The summed E-state index contributed by atoms with van der Waals surface area (Å²) in [5.74, 6) is -1.46. The predicted octanol–water partition coefficient (Wildman–Crippen LogP) is 8.39. The zero-order valence-corrected chi connectivity index (χ0v) is 23.7. The highest BCUT2D eigenvalue weighted by molar-refractivity contribution is 5.91. The number of benzene rings is 2. The van der Waals surface area contributed by atoms with Crippen molar-refractivity contribution in [1.82, 2.24) is 0 Å². The summed E-state index contributed by atoms with van der Waals surface area (Å²) in [5.41, 5.74) is 1.11. The highest BCUT2D eigenvalue weighted by Gasteiger charge is 2.18. The number of aliphatic carboxylic acids is 1. The minimum atomic E-state index is -0.862. The molecule has 2 rings (SSSR count). The number of carbonyl (C=O) groups excluding carboxylic acids is 1. The van der Waals surface area contributed by atoms with Gasteiger partial charge in [-0.1, -0.05) is 64.7 Å². The van der Waals surface area contributed by atoms with Crippen LogP contribution in [0.1, 0.15) is 94.8 Å². The van der Waals surface area contributed by atoms with Crippen LogP contribution in [0.4, 0.5) is 22.7 Å². The Bertz CT molecular complexity index is 1100. The Morgan fingerprint density at radius 1 is 0.900 bits per heavy atom. The highest BCUT2D eigenvalue weighted by atomic mass is 16.6. The number of hydrogen-bond acceptors (Lipinski definition) is 8. The summed E-state index contributed by atoms with van der Waals surface area (Å²) in [6, 6.07) is 11.0. The SMILES string of the molecule is CCCCCCCCCCCCOC(=O)c1ccc(/N=N/c2ccc(N(CC)CCC(=O)O)cc2)c([N+](=O)[O-])c1. The molecule has 1 N–H and O–H groups in total. The van der Waals surface area contributed by atoms with Gasteiger partial charge in [0.2, 0.25) is 0 Å². The number of carbonyl (C=O) groups is 2. The van der Waals surface area contributed by atoms with Gasteiger partial charge in [-0.25, -0.2) is 4.79 Å². The van der Waals surface area contributed by atoms with Crippen molar-refractivity contribution in [2.75, 3.05) is 24.6 Å². The fraction of sp³-hybridized carbons (Fsp3) is 0.533. The van der Waals surface area contributed by atoms with Gasteiger partial charge in [0.05, 0.1) is 29.2 Å². The van der Waals surface area contributed by atoms with Crippen LogP contribution in [0.5, 0.6) is 0 Å². The van der Waals surface area contributed by atoms with Gasteiger partial charge in [-0.15, -0.1) is 5.11 Å². The summed E-state index contributed by atoms with van der Waals surface area (Å²) in [7, 11) is 0. The third kappa shape index (κ3) is 11.9. The van der Waals surface area contributed by atoms with Crippen LogP contribution in [0, 0.1) is 10.1 Å². The van der Waals surface area contributed by atoms with Gasteiger partial charge in [-0.05, 0) is 49.7 Å². The topological polar surface area (TPSA) is 135 Å². The number of nitrogens with zero attached hydrogens (tertiary/aromatic N) is 4. The number of anilines is 1. The first kappa shape index (κ1) is 32.4. The Morgan fingerprint density at radius 2 is 1.52 bits per heavy atom. The largest absolute Gasteiger partial charge is 0.481 e. The van der Waals surface area contributed by atoms with E-state index in [9.17, 15) is 19.7 Å². The predicted molar refractivity (Wildman–Crippen MR) is 156 cm³/mol. The number of esters is 1. The lowest BCUT2D eigenvalue weighted by atomic mass is 10.1. The van der Waals surface area contributed by atoms with Crippen molar-refractivity contribution in [2.24, 2.45) is 10.2 Å². The smallest absolute Gasteiger partial charge is 0.338 e. The third-order valence-corrected chi connectivity index (χ3v) is 6.60. The number of nitro benzene ring substituents is 1. The van der Waals surface area contributed by atoms with Crippen LogP contribution in [-0.4, -0.2) is 41.7 Å². The number of carboxylic acid groups (broad SMARTS) is 1. The maximum atomic E-state index is 12.4. The molecule has 0 bridgehead atoms. The van der Waals surface area contributed by atoms with E-state index in [2.05, 4.69) is 17.2 Å². The molecule has 2 aromatic rings. The average Bonchev–Trinajstić information content (AvgIpc) is 2.95. The van der Waals surface area contributed by atoms with Crippen LogP contribution in [0.2, 0.25) is 0 Å². The molecule has 10 heteroatoms. The van der Waals surface area contributed by atoms with Crippen molar-refractivity contribution in [3.05, 3.63) is 58.1 Å². The lowest BCUT2D eigenvalue weighted by Crippen LogP contribution is -2.25. The number of nitro groups is 1. The van der Waals surface area contributed by atoms with Gasteiger partial charge in [-0.3, -0.25) is 14.9 Å². The molecule has 0 amide bonds. The first-order valence-electron chi connectivity index (χ1n) is 14.3. The number of rotatable bonds is 20. The minimum Gasteiger partial charge on any atom is -0.481 e. The summed E-state index contributed by atoms with van der Waals surface area (Å²) in [4.78, 5) is 36.2. The molecule has 0 fully saturated rings. The molecule has 0 saturated heterocycles. The van der Waals surface area contributed by atoms with E-state index in [1.165, 1.54) is 63.1 Å². The minimum absolute atomic E-state index is 0.0250. The van der Waals surface area contributed by atoms with E-state index in [0.29, 0.717) is 18.8 Å². The number of unbranched alkanes of at least 4 members (excludes halogenated alkanes) is 9. The molecule has 0 saturated carbocycles. The summed E-state index contributed by atoms with van der Waals surface area (Å²) in [5, 5.41) is 28.7. The van der Waals surface area contributed by atoms with Crippen molar-refractivity contribution in [2.45, 2.75) is 84.5 Å². The van der Waals surface area contributed by atoms with Crippen LogP contribution < -0.4 is 4.90 Å². The van der Waals surface area contributed by atoms with Crippen LogP contribution in [-0.2, 0) is 9.53 Å². The Morgan fingerprint density at radius 3 is 2.10 bits per heavy atom. The molecule has 0 radical (unpaired) electrons. The number of carboxylic acids is 1. The molecule has 0 aliphatic heterocycles. The Balaban J connectivity index is 1.86. The van der Waals surface area contributed by atoms with Crippen molar-refractivity contribution < 1.29 is 24.4 Å². The van der Waals surface area contributed by atoms with E-state index in [1.54, 1.807) is 24.3 Å². The molecule has 0 aromatic heterocycles. The molecule has 0 heterocycles. The summed E-state index contributed by atoms with van der Waals surface area (Å²) < 4.78 is 5.32. The molecule has 10 nitrogen and oxygen atoms in total. The summed E-state index contributed by atoms with van der Waals surface area (Å²) in [6.07, 6.45) is 11.8. The molecule has 0 atom stereocenters. The van der Waals surface area contributed by atoms with Gasteiger partial charge >= 0.3 is 11.9 Å². The molecule has 2 aromatic carbocycles. The van der Waals surface area contributed by atoms with Gasteiger partial charge in [-0.2, -0.15) is 5.11 Å². The number of azo groups is 1. The average molecular weight is 555 g/mol. The van der Waals surface area contributed by atoms with Gasteiger partial charge < -0.3 is 14.7 Å². The number of hydrogen-bond donors (Lipinski definition) is 1. The fourth-order valence-corrected chi connectivity index (χ4v) is 4.26. The number of ether oxygens (including phenoxy) is 1. The molecular formula is C30H42N4O6. The molecule has 0 unspecified atom stereocenters. The standard InChI is InChI=1S/C30H42N4O6/c1-3-5-6-7-8-9-10-11-12-13-22-40-30(37)24-14-19-27(28(23-24)34(38)39)32-31-25-15-17-26(18-16-25)33(4-2)21-20-29(35)36/h14-19,23H,3-13,20-22H2,1-2H3,(H,35,36)/b32-31+. The van der Waals surface area contributed by atoms with E-state index in [0.717, 1.165) is 24.9 Å². The second-order valence-electron chi connectivity index (χ2n) is 9.72. The molecule has 0 aliphatic carbocycles. The first-order chi connectivity index (χ1) is 19.3. The summed E-state index contributed by atoms with van der Waals surface area (Å²) in [6.45, 7) is 5.47. The van der Waals surface area contributed by atoms with Gasteiger partial charge in [0.1, 0.15) is 0 Å². The fourth-order valence-electron chi connectivity index (χ4n) is 4.26. The van der Waals surface area contributed by atoms with Crippen LogP contribution >= 0.6 is 0 Å². The van der Waals surface area contributed by atoms with Crippen molar-refractivity contribution in [3.63, 3.8) is 0 Å². The van der Waals surface area contributed by atoms with E-state index in [1.807, 2.05) is 11.8 Å². The van der Waals surface area contributed by atoms with Gasteiger partial charge in [0.15, 0.2) is 5.69 Å². The van der Waals surface area contributed by atoms with Crippen LogP contribution in [0.25, 0.3) is 0 Å². The third-order valence-electron chi connectivity index (χ3n) is 6.60. The van der Waals surface area contributed by atoms with Crippen molar-refractivity contribution in [1.29, 1.82) is 0 Å². The maximum absolute atomic E-state index is 12.4. The second kappa shape index (κ2) is 18.5. The lowest BCUT2D eigenvalue weighted by Gasteiger charge is -2.22. The quantitative estimate of drug-likeness (QED) is 0.0571. The van der Waals surface area contributed by atoms with Gasteiger partial charge in [0, 0.05) is 24.8 Å². The highest BCUT2D eigenvalue weighted by Crippen LogP contribution is 2.31. The summed E-state index contributed by atoms with van der Waals surface area (Å²) >= 11 is 0. The zero-order valence-electron chi connectivity index (χ0n) is 23.7. The Kier molecular flexibility index (Phi) is 15.0. The Labute approximate surface area is 236 Å². The van der Waals surface area contributed by atoms with Crippen molar-refractivity contribution >= 4 is 34.7 Å². The second-order valence-corrected chi connectivity index (χ2v) is 9.72. The van der Waals surface area contributed by atoms with E-state index < -0.39 is 16.9 Å². The Hall–Kier alpha value is -3.82. The van der Waals surface area contributed by atoms with Crippen LogP contribution in [0.3, 0.4) is 0 Å². The van der Waals surface area contributed by atoms with Crippen LogP contribution in [0.15, 0.2) is 52.7 Å². The van der Waals surface area contributed by atoms with E-state index in [-0.39, 0.29) is 30.0 Å². The zero-order chi connectivity index (χ0) is 29.2. The molecule has 40 heavy (non-hydrogen) atoms. The molecule has 0 aliphatic rings. The van der Waals surface area contributed by atoms with E-state index >= 15 is 0 Å². The molecular weight excluding hydrogens is 512 g/mol. The van der Waals surface area contributed by atoms with E-state index in [4.69, 9.17) is 9.84 Å². The normalized spacial score (nSPS) is 11.1.